The number of rotatable bonds is 7. The van der Waals surface area contributed by atoms with Crippen molar-refractivity contribution in [3.63, 3.8) is 0 Å². The summed E-state index contributed by atoms with van der Waals surface area (Å²) in [6, 6.07) is 4.64. The molecular weight excluding hydrogens is 366 g/mol. The van der Waals surface area contributed by atoms with Crippen LogP contribution < -0.4 is 14.8 Å². The predicted octanol–water partition coefficient (Wildman–Crippen LogP) is 2.25. The smallest absolute Gasteiger partial charge is 0.343 e. The van der Waals surface area contributed by atoms with E-state index in [0.29, 0.717) is 29.3 Å². The van der Waals surface area contributed by atoms with E-state index in [0.717, 1.165) is 0 Å². The molecule has 2 unspecified atom stereocenters. The largest absolute Gasteiger partial charge is 0.497 e. The van der Waals surface area contributed by atoms with E-state index in [1.54, 1.807) is 39.3 Å². The number of aromatic nitrogens is 2. The minimum Gasteiger partial charge on any atom is -0.497 e. The number of anilines is 1. The first-order chi connectivity index (χ1) is 13.4. The van der Waals surface area contributed by atoms with Crippen LogP contribution in [0.15, 0.2) is 24.4 Å². The van der Waals surface area contributed by atoms with Gasteiger partial charge in [0.25, 0.3) is 0 Å². The van der Waals surface area contributed by atoms with Crippen LogP contribution in [0.25, 0.3) is 0 Å². The van der Waals surface area contributed by atoms with E-state index in [1.165, 1.54) is 6.20 Å². The molecule has 0 aliphatic carbocycles. The summed E-state index contributed by atoms with van der Waals surface area (Å²) in [5, 5.41) is 9.55. The molecule has 0 spiro atoms. The molecule has 0 saturated carbocycles. The van der Waals surface area contributed by atoms with Gasteiger partial charge in [0.15, 0.2) is 0 Å². The highest BCUT2D eigenvalue weighted by Crippen LogP contribution is 2.43. The van der Waals surface area contributed by atoms with Crippen molar-refractivity contribution in [2.24, 2.45) is 0 Å². The second-order valence-corrected chi connectivity index (χ2v) is 6.50. The van der Waals surface area contributed by atoms with Crippen molar-refractivity contribution >= 4 is 17.8 Å². The minimum absolute atomic E-state index is 0.224. The highest BCUT2D eigenvalue weighted by molar-refractivity contribution is 5.95. The van der Waals surface area contributed by atoms with Gasteiger partial charge in [-0.25, -0.2) is 9.59 Å². The zero-order chi connectivity index (χ0) is 20.3. The first-order valence-corrected chi connectivity index (χ1v) is 8.84. The molecule has 1 aromatic heterocycles. The van der Waals surface area contributed by atoms with Crippen LogP contribution in [0.5, 0.6) is 11.5 Å². The number of nitrogens with one attached hydrogen (secondary N) is 2. The number of hydrogen-bond acceptors (Lipinski definition) is 8. The SMILES string of the molecule is CCOC(=O)c1cn[nH]c1NC1CC(C)(c2cc(OC)ccc2OC)OC1=O. The molecule has 0 amide bonds. The maximum Gasteiger partial charge on any atom is 0.343 e. The van der Waals surface area contributed by atoms with Gasteiger partial charge in [0.2, 0.25) is 0 Å². The molecule has 0 radical (unpaired) electrons. The van der Waals surface area contributed by atoms with Crippen LogP contribution in [0.3, 0.4) is 0 Å². The highest BCUT2D eigenvalue weighted by atomic mass is 16.6. The van der Waals surface area contributed by atoms with Crippen molar-refractivity contribution < 1.29 is 28.5 Å². The fourth-order valence-electron chi connectivity index (χ4n) is 3.24. The van der Waals surface area contributed by atoms with E-state index in [-0.39, 0.29) is 12.2 Å². The van der Waals surface area contributed by atoms with Crippen molar-refractivity contribution in [1.29, 1.82) is 0 Å². The monoisotopic (exact) mass is 389 g/mol. The fraction of sp³-hybridized carbons (Fsp3) is 0.421. The maximum absolute atomic E-state index is 12.5. The number of nitrogens with zero attached hydrogens (tertiary/aromatic N) is 1. The Hall–Kier alpha value is -3.23. The number of carbonyl (C=O) groups is 2. The van der Waals surface area contributed by atoms with Gasteiger partial charge in [-0.2, -0.15) is 5.10 Å². The summed E-state index contributed by atoms with van der Waals surface area (Å²) >= 11 is 0. The van der Waals surface area contributed by atoms with Gasteiger partial charge in [0.05, 0.1) is 27.0 Å². The number of benzene rings is 1. The molecule has 3 rings (SSSR count). The molecule has 0 bridgehead atoms. The van der Waals surface area contributed by atoms with Crippen molar-refractivity contribution in [3.05, 3.63) is 35.5 Å². The normalized spacial score (nSPS) is 21.1. The number of carbonyl (C=O) groups excluding carboxylic acids is 2. The lowest BCUT2D eigenvalue weighted by molar-refractivity contribution is -0.148. The molecule has 2 atom stereocenters. The van der Waals surface area contributed by atoms with Crippen molar-refractivity contribution in [1.82, 2.24) is 10.2 Å². The third-order valence-corrected chi connectivity index (χ3v) is 4.63. The van der Waals surface area contributed by atoms with Gasteiger partial charge in [-0.05, 0) is 32.0 Å². The third-order valence-electron chi connectivity index (χ3n) is 4.63. The van der Waals surface area contributed by atoms with Crippen LogP contribution in [-0.4, -0.2) is 49.0 Å². The van der Waals surface area contributed by atoms with E-state index < -0.39 is 23.6 Å². The van der Waals surface area contributed by atoms with E-state index >= 15 is 0 Å². The van der Waals surface area contributed by atoms with Gasteiger partial charge in [0, 0.05) is 12.0 Å². The summed E-state index contributed by atoms with van der Waals surface area (Å²) in [6.45, 7) is 3.76. The number of hydrogen-bond donors (Lipinski definition) is 2. The molecule has 2 aromatic rings. The molecule has 1 aliphatic rings. The number of esters is 2. The summed E-state index contributed by atoms with van der Waals surface area (Å²) in [6.07, 6.45) is 1.67. The minimum atomic E-state index is -0.932. The Morgan fingerprint density at radius 1 is 1.39 bits per heavy atom. The van der Waals surface area contributed by atoms with Crippen molar-refractivity contribution in [2.75, 3.05) is 26.1 Å². The molecule has 1 fully saturated rings. The summed E-state index contributed by atoms with van der Waals surface area (Å²) < 4.78 is 21.4. The molecule has 28 heavy (non-hydrogen) atoms. The fourth-order valence-corrected chi connectivity index (χ4v) is 3.24. The predicted molar refractivity (Wildman–Crippen MR) is 99.6 cm³/mol. The van der Waals surface area contributed by atoms with Crippen LogP contribution in [-0.2, 0) is 19.9 Å². The average Bonchev–Trinajstić information content (AvgIpc) is 3.26. The summed E-state index contributed by atoms with van der Waals surface area (Å²) in [5.41, 5.74) is -0.0110. The summed E-state index contributed by atoms with van der Waals surface area (Å²) in [7, 11) is 3.12. The summed E-state index contributed by atoms with van der Waals surface area (Å²) in [5.74, 6) is 0.550. The first kappa shape index (κ1) is 19.5. The molecule has 9 nitrogen and oxygen atoms in total. The van der Waals surface area contributed by atoms with Crippen LogP contribution >= 0.6 is 0 Å². The Kier molecular flexibility index (Phi) is 5.43. The van der Waals surface area contributed by atoms with Crippen molar-refractivity contribution in [3.8, 4) is 11.5 Å². The van der Waals surface area contributed by atoms with Crippen LogP contribution in [0.2, 0.25) is 0 Å². The molecule has 2 heterocycles. The lowest BCUT2D eigenvalue weighted by Gasteiger charge is -2.25. The van der Waals surface area contributed by atoms with E-state index in [1.807, 2.05) is 6.92 Å². The number of ether oxygens (including phenoxy) is 4. The number of H-pyrrole nitrogens is 1. The Labute approximate surface area is 162 Å². The van der Waals surface area contributed by atoms with Crippen LogP contribution in [0.4, 0.5) is 5.82 Å². The molecule has 150 valence electrons. The van der Waals surface area contributed by atoms with Gasteiger partial charge in [0.1, 0.15) is 34.5 Å². The van der Waals surface area contributed by atoms with Gasteiger partial charge >= 0.3 is 11.9 Å². The zero-order valence-electron chi connectivity index (χ0n) is 16.2. The molecule has 9 heteroatoms. The average molecular weight is 389 g/mol. The van der Waals surface area contributed by atoms with Crippen LogP contribution in [0.1, 0.15) is 36.2 Å². The topological polar surface area (TPSA) is 112 Å². The Morgan fingerprint density at radius 2 is 2.18 bits per heavy atom. The lowest BCUT2D eigenvalue weighted by atomic mass is 9.90. The van der Waals surface area contributed by atoms with Gasteiger partial charge in [-0.15, -0.1) is 0 Å². The molecule has 1 aliphatic heterocycles. The Morgan fingerprint density at radius 3 is 2.86 bits per heavy atom. The molecule has 2 N–H and O–H groups in total. The Bertz CT molecular complexity index is 880. The van der Waals surface area contributed by atoms with Gasteiger partial charge in [-0.1, -0.05) is 0 Å². The second kappa shape index (κ2) is 7.79. The maximum atomic E-state index is 12.5. The number of methoxy groups -OCH3 is 2. The van der Waals surface area contributed by atoms with E-state index in [2.05, 4.69) is 15.5 Å². The molecule has 1 saturated heterocycles. The van der Waals surface area contributed by atoms with Crippen LogP contribution in [0, 0.1) is 0 Å². The lowest BCUT2D eigenvalue weighted by Crippen LogP contribution is -2.26. The highest BCUT2D eigenvalue weighted by Gasteiger charge is 2.46. The quantitative estimate of drug-likeness (QED) is 0.694. The van der Waals surface area contributed by atoms with E-state index in [4.69, 9.17) is 18.9 Å². The second-order valence-electron chi connectivity index (χ2n) is 6.50. The zero-order valence-corrected chi connectivity index (χ0v) is 16.2. The molecule has 1 aromatic carbocycles. The standard InChI is InChI=1S/C19H23N3O6/c1-5-27-17(23)12-10-20-22-16(12)21-14-9-19(2,28-18(14)24)13-8-11(25-3)6-7-15(13)26-4/h6-8,10,14H,5,9H2,1-4H3,(H2,20,21,22). The van der Waals surface area contributed by atoms with Crippen molar-refractivity contribution in [2.45, 2.75) is 31.9 Å². The third kappa shape index (κ3) is 3.60. The van der Waals surface area contributed by atoms with Gasteiger partial charge in [-0.3, -0.25) is 5.10 Å². The first-order valence-electron chi connectivity index (χ1n) is 8.84. The number of aromatic amines is 1. The number of cyclic esters (lactones) is 1. The summed E-state index contributed by atoms with van der Waals surface area (Å²) in [4.78, 5) is 24.6. The molecular formula is C19H23N3O6. The van der Waals surface area contributed by atoms with E-state index in [9.17, 15) is 9.59 Å². The Balaban J connectivity index is 1.85. The van der Waals surface area contributed by atoms with Gasteiger partial charge < -0.3 is 24.3 Å².